The van der Waals surface area contributed by atoms with Gasteiger partial charge in [0, 0.05) is 26.2 Å². The highest BCUT2D eigenvalue weighted by atomic mass is 32.2. The van der Waals surface area contributed by atoms with E-state index in [4.69, 9.17) is 0 Å². The highest BCUT2D eigenvalue weighted by Crippen LogP contribution is 2.31. The zero-order valence-electron chi connectivity index (χ0n) is 15.6. The van der Waals surface area contributed by atoms with Crippen LogP contribution in [0.2, 0.25) is 0 Å². The number of carbonyl (C=O) groups excluding carboxylic acids is 1. The molecule has 8 heteroatoms. The van der Waals surface area contributed by atoms with E-state index >= 15 is 0 Å². The lowest BCUT2D eigenvalue weighted by atomic mass is 10.2. The zero-order valence-corrected chi connectivity index (χ0v) is 17.3. The smallest absolute Gasteiger partial charge is 0.260 e. The summed E-state index contributed by atoms with van der Waals surface area (Å²) >= 11 is 1.45. The van der Waals surface area contributed by atoms with Gasteiger partial charge in [-0.25, -0.2) is 17.7 Å². The number of para-hydroxylation sites is 1. The molecule has 142 valence electrons. The second kappa shape index (κ2) is 7.38. The molecule has 0 fully saturated rings. The number of anilines is 1. The Kier molecular flexibility index (Phi) is 5.32. The number of carbonyl (C=O) groups is 1. The number of sulfonamides is 1. The molecule has 6 nitrogen and oxygen atoms in total. The highest BCUT2D eigenvalue weighted by molar-refractivity contribution is 7.89. The summed E-state index contributed by atoms with van der Waals surface area (Å²) in [7, 11) is -0.679. The molecule has 1 heterocycles. The summed E-state index contributed by atoms with van der Waals surface area (Å²) in [6, 6.07) is 12.0. The first kappa shape index (κ1) is 19.5. The van der Waals surface area contributed by atoms with Gasteiger partial charge < -0.3 is 0 Å². The van der Waals surface area contributed by atoms with Gasteiger partial charge in [-0.1, -0.05) is 29.5 Å². The molecule has 0 spiro atoms. The average molecular weight is 404 g/mol. The summed E-state index contributed by atoms with van der Waals surface area (Å²) in [5, 5.41) is 0.604. The Morgan fingerprint density at radius 2 is 1.85 bits per heavy atom. The van der Waals surface area contributed by atoms with E-state index < -0.39 is 10.0 Å². The van der Waals surface area contributed by atoms with Gasteiger partial charge in [0.2, 0.25) is 10.0 Å². The van der Waals surface area contributed by atoms with Gasteiger partial charge in [-0.2, -0.15) is 0 Å². The fourth-order valence-corrected chi connectivity index (χ4v) is 4.77. The molecule has 0 radical (unpaired) electrons. The standard InChI is InChI=1S/C19H21N3O3S2/c1-5-22(19-20-17-13(2)8-6-11-16(17)26-19)18(23)14-9-7-10-15(12-14)27(24,25)21(3)4/h6-12H,5H2,1-4H3. The van der Waals surface area contributed by atoms with E-state index in [9.17, 15) is 13.2 Å². The number of amides is 1. The molecule has 0 saturated heterocycles. The minimum Gasteiger partial charge on any atom is -0.284 e. The third-order valence-electron chi connectivity index (χ3n) is 4.26. The van der Waals surface area contributed by atoms with Crippen LogP contribution in [0.15, 0.2) is 47.4 Å². The lowest BCUT2D eigenvalue weighted by Crippen LogP contribution is -2.31. The van der Waals surface area contributed by atoms with E-state index in [-0.39, 0.29) is 10.8 Å². The third-order valence-corrected chi connectivity index (χ3v) is 7.12. The monoisotopic (exact) mass is 403 g/mol. The molecule has 0 N–H and O–H groups in total. The summed E-state index contributed by atoms with van der Waals surface area (Å²) in [4.78, 5) is 19.4. The fourth-order valence-electron chi connectivity index (χ4n) is 2.71. The van der Waals surface area contributed by atoms with Crippen molar-refractivity contribution in [2.24, 2.45) is 0 Å². The SMILES string of the molecule is CCN(C(=O)c1cccc(S(=O)(=O)N(C)C)c1)c1nc2c(C)cccc2s1. The zero-order chi connectivity index (χ0) is 19.8. The number of thiazole rings is 1. The van der Waals surface area contributed by atoms with E-state index in [0.29, 0.717) is 17.2 Å². The molecule has 27 heavy (non-hydrogen) atoms. The minimum atomic E-state index is -3.61. The Hall–Kier alpha value is -2.29. The Morgan fingerprint density at radius 1 is 1.15 bits per heavy atom. The molecule has 0 unspecified atom stereocenters. The van der Waals surface area contributed by atoms with Crippen molar-refractivity contribution in [2.75, 3.05) is 25.5 Å². The molecule has 0 bridgehead atoms. The molecule has 3 aromatic rings. The van der Waals surface area contributed by atoms with Gasteiger partial charge in [0.25, 0.3) is 5.91 Å². The maximum Gasteiger partial charge on any atom is 0.260 e. The van der Waals surface area contributed by atoms with Crippen LogP contribution in [0.1, 0.15) is 22.8 Å². The van der Waals surface area contributed by atoms with Crippen LogP contribution in [0.4, 0.5) is 5.13 Å². The lowest BCUT2D eigenvalue weighted by molar-refractivity contribution is 0.0988. The Balaban J connectivity index is 2.01. The predicted octanol–water partition coefficient (Wildman–Crippen LogP) is 3.52. The van der Waals surface area contributed by atoms with Crippen LogP contribution in [0.5, 0.6) is 0 Å². The predicted molar refractivity (Wildman–Crippen MR) is 109 cm³/mol. The quantitative estimate of drug-likeness (QED) is 0.653. The average Bonchev–Trinajstić information content (AvgIpc) is 3.07. The number of aromatic nitrogens is 1. The Labute approximate surface area is 163 Å². The largest absolute Gasteiger partial charge is 0.284 e. The van der Waals surface area contributed by atoms with Gasteiger partial charge in [-0.15, -0.1) is 0 Å². The van der Waals surface area contributed by atoms with Crippen molar-refractivity contribution in [1.29, 1.82) is 0 Å². The van der Waals surface area contributed by atoms with E-state index in [2.05, 4.69) is 4.98 Å². The number of rotatable bonds is 5. The second-order valence-corrected chi connectivity index (χ2v) is 9.44. The summed E-state index contributed by atoms with van der Waals surface area (Å²) in [5.41, 5.74) is 2.25. The van der Waals surface area contributed by atoms with Crippen LogP contribution in [-0.2, 0) is 10.0 Å². The first-order valence-corrected chi connectivity index (χ1v) is 10.7. The molecule has 0 atom stereocenters. The van der Waals surface area contributed by atoms with Gasteiger partial charge in [0.15, 0.2) is 5.13 Å². The summed E-state index contributed by atoms with van der Waals surface area (Å²) in [6.07, 6.45) is 0. The number of nitrogens with zero attached hydrogens (tertiary/aromatic N) is 3. The summed E-state index contributed by atoms with van der Waals surface area (Å²) < 4.78 is 26.9. The van der Waals surface area contributed by atoms with Crippen LogP contribution in [0.3, 0.4) is 0 Å². The van der Waals surface area contributed by atoms with Crippen LogP contribution in [0, 0.1) is 6.92 Å². The number of hydrogen-bond donors (Lipinski definition) is 0. The van der Waals surface area contributed by atoms with Gasteiger partial charge in [-0.3, -0.25) is 9.69 Å². The Morgan fingerprint density at radius 3 is 2.48 bits per heavy atom. The van der Waals surface area contributed by atoms with Crippen molar-refractivity contribution in [2.45, 2.75) is 18.7 Å². The topological polar surface area (TPSA) is 70.6 Å². The molecule has 3 rings (SSSR count). The van der Waals surface area contributed by atoms with E-state index in [1.54, 1.807) is 17.0 Å². The number of benzene rings is 2. The molecule has 0 saturated carbocycles. The van der Waals surface area contributed by atoms with Gasteiger partial charge in [-0.05, 0) is 43.7 Å². The lowest BCUT2D eigenvalue weighted by Gasteiger charge is -2.18. The summed E-state index contributed by atoms with van der Waals surface area (Å²) in [6.45, 7) is 4.29. The van der Waals surface area contributed by atoms with Crippen LogP contribution in [-0.4, -0.2) is 44.3 Å². The van der Waals surface area contributed by atoms with Crippen LogP contribution < -0.4 is 4.90 Å². The Bertz CT molecular complexity index is 1100. The van der Waals surface area contributed by atoms with Crippen LogP contribution >= 0.6 is 11.3 Å². The van der Waals surface area contributed by atoms with Crippen molar-refractivity contribution in [3.05, 3.63) is 53.6 Å². The number of hydrogen-bond acceptors (Lipinski definition) is 5. The number of aryl methyl sites for hydroxylation is 1. The van der Waals surface area contributed by atoms with Crippen molar-refractivity contribution in [3.8, 4) is 0 Å². The second-order valence-electron chi connectivity index (χ2n) is 6.28. The van der Waals surface area contributed by atoms with Crippen molar-refractivity contribution in [3.63, 3.8) is 0 Å². The first-order valence-electron chi connectivity index (χ1n) is 8.46. The van der Waals surface area contributed by atoms with Crippen LogP contribution in [0.25, 0.3) is 10.2 Å². The van der Waals surface area contributed by atoms with Gasteiger partial charge >= 0.3 is 0 Å². The molecule has 1 aromatic heterocycles. The molecular formula is C19H21N3O3S2. The van der Waals surface area contributed by atoms with E-state index in [1.165, 1.54) is 37.6 Å². The molecule has 1 amide bonds. The van der Waals surface area contributed by atoms with Gasteiger partial charge in [0.1, 0.15) is 0 Å². The molecule has 0 aliphatic rings. The molecule has 0 aliphatic heterocycles. The molecular weight excluding hydrogens is 382 g/mol. The van der Waals surface area contributed by atoms with E-state index in [1.807, 2.05) is 32.0 Å². The highest BCUT2D eigenvalue weighted by Gasteiger charge is 2.23. The third kappa shape index (κ3) is 3.60. The van der Waals surface area contributed by atoms with E-state index in [0.717, 1.165) is 20.1 Å². The van der Waals surface area contributed by atoms with Crippen molar-refractivity contribution >= 4 is 42.6 Å². The van der Waals surface area contributed by atoms with Crippen molar-refractivity contribution < 1.29 is 13.2 Å². The molecule has 0 aliphatic carbocycles. The van der Waals surface area contributed by atoms with Gasteiger partial charge in [0.05, 0.1) is 15.1 Å². The molecule has 2 aromatic carbocycles. The maximum atomic E-state index is 13.1. The number of fused-ring (bicyclic) bond motifs is 1. The maximum absolute atomic E-state index is 13.1. The normalized spacial score (nSPS) is 11.9. The summed E-state index contributed by atoms with van der Waals surface area (Å²) in [5.74, 6) is -0.273. The minimum absolute atomic E-state index is 0.0922. The first-order chi connectivity index (χ1) is 12.8. The fraction of sp³-hybridized carbons (Fsp3) is 0.263. The van der Waals surface area contributed by atoms with Crippen molar-refractivity contribution in [1.82, 2.24) is 9.29 Å².